The second-order valence-electron chi connectivity index (χ2n) is 7.60. The minimum atomic E-state index is -0.662. The fourth-order valence-corrected chi connectivity index (χ4v) is 3.55. The molecule has 1 aliphatic rings. The molecule has 0 radical (unpaired) electrons. The average Bonchev–Trinajstić information content (AvgIpc) is 2.81. The summed E-state index contributed by atoms with van der Waals surface area (Å²) in [5.74, 6) is 1.12. The number of hydrogen-bond acceptors (Lipinski definition) is 5. The summed E-state index contributed by atoms with van der Waals surface area (Å²) < 4.78 is 11.1. The van der Waals surface area contributed by atoms with E-state index in [2.05, 4.69) is 10.6 Å². The summed E-state index contributed by atoms with van der Waals surface area (Å²) in [5.41, 5.74) is 1.80. The molecule has 31 heavy (non-hydrogen) atoms. The number of nitrogens with one attached hydrogen (secondary N) is 2. The van der Waals surface area contributed by atoms with Crippen molar-refractivity contribution in [1.82, 2.24) is 10.6 Å². The third kappa shape index (κ3) is 5.90. The molecule has 1 unspecified atom stereocenters. The maximum absolute atomic E-state index is 12.8. The molecular weight excluding hydrogens is 394 g/mol. The monoisotopic (exact) mass is 425 g/mol. The molecule has 166 valence electrons. The van der Waals surface area contributed by atoms with Crippen LogP contribution in [0.25, 0.3) is 0 Å². The highest BCUT2D eigenvalue weighted by Crippen LogP contribution is 2.33. The Morgan fingerprint density at radius 1 is 1.13 bits per heavy atom. The summed E-state index contributed by atoms with van der Waals surface area (Å²) in [4.78, 5) is 27.3. The predicted octanol–water partition coefficient (Wildman–Crippen LogP) is 2.88. The van der Waals surface area contributed by atoms with Gasteiger partial charge in [-0.05, 0) is 42.7 Å². The highest BCUT2D eigenvalue weighted by molar-refractivity contribution is 5.86. The zero-order valence-electron chi connectivity index (χ0n) is 18.4. The van der Waals surface area contributed by atoms with Crippen LogP contribution in [0.15, 0.2) is 48.5 Å². The van der Waals surface area contributed by atoms with E-state index < -0.39 is 6.10 Å². The molecule has 0 bridgehead atoms. The van der Waals surface area contributed by atoms with Gasteiger partial charge in [0.1, 0.15) is 11.5 Å². The third-order valence-electron chi connectivity index (χ3n) is 5.47. The Hall–Kier alpha value is -3.22. The van der Waals surface area contributed by atoms with Crippen LogP contribution in [0.3, 0.4) is 0 Å². The van der Waals surface area contributed by atoms with Gasteiger partial charge in [0.2, 0.25) is 5.91 Å². The maximum Gasteiger partial charge on any atom is 0.263 e. The van der Waals surface area contributed by atoms with E-state index in [0.717, 1.165) is 29.8 Å². The van der Waals surface area contributed by atoms with E-state index in [1.165, 1.54) is 0 Å². The number of rotatable bonds is 9. The number of benzene rings is 2. The van der Waals surface area contributed by atoms with Crippen LogP contribution in [0, 0.1) is 0 Å². The Labute approximate surface area is 183 Å². The van der Waals surface area contributed by atoms with Crippen LogP contribution in [-0.2, 0) is 16.1 Å². The zero-order valence-corrected chi connectivity index (χ0v) is 18.4. The molecule has 1 aliphatic heterocycles. The lowest BCUT2D eigenvalue weighted by Gasteiger charge is -2.35. The molecule has 0 aliphatic carbocycles. The number of hydrogen-bond donors (Lipinski definition) is 2. The van der Waals surface area contributed by atoms with Crippen LogP contribution >= 0.6 is 0 Å². The molecule has 2 N–H and O–H groups in total. The SMILES string of the molecule is CCC(CC)NC(=O)C1CN(CC(=O)NCc2ccc(OC)cc2)c2ccccc2O1. The minimum Gasteiger partial charge on any atom is -0.497 e. The number of methoxy groups -OCH3 is 1. The first-order valence-corrected chi connectivity index (χ1v) is 10.7. The Morgan fingerprint density at radius 3 is 2.52 bits per heavy atom. The lowest BCUT2D eigenvalue weighted by Crippen LogP contribution is -2.52. The molecule has 0 saturated carbocycles. The Bertz CT molecular complexity index is 881. The van der Waals surface area contributed by atoms with Crippen LogP contribution in [0.1, 0.15) is 32.3 Å². The fraction of sp³-hybridized carbons (Fsp3) is 0.417. The smallest absolute Gasteiger partial charge is 0.263 e. The predicted molar refractivity (Wildman–Crippen MR) is 120 cm³/mol. The Morgan fingerprint density at radius 2 is 1.84 bits per heavy atom. The van der Waals surface area contributed by atoms with E-state index in [0.29, 0.717) is 18.8 Å². The Kier molecular flexibility index (Phi) is 7.76. The molecule has 2 aromatic carbocycles. The van der Waals surface area contributed by atoms with Gasteiger partial charge in [0.25, 0.3) is 5.91 Å². The molecule has 0 aromatic heterocycles. The molecular formula is C24H31N3O4. The molecule has 3 rings (SSSR count). The van der Waals surface area contributed by atoms with Crippen molar-refractivity contribution < 1.29 is 19.1 Å². The van der Waals surface area contributed by atoms with Gasteiger partial charge in [-0.15, -0.1) is 0 Å². The number of anilines is 1. The molecule has 2 aromatic rings. The minimum absolute atomic E-state index is 0.119. The second kappa shape index (κ2) is 10.7. The summed E-state index contributed by atoms with van der Waals surface area (Å²) in [6, 6.07) is 15.2. The number of ether oxygens (including phenoxy) is 2. The highest BCUT2D eigenvalue weighted by atomic mass is 16.5. The number of para-hydroxylation sites is 2. The molecule has 1 heterocycles. The summed E-state index contributed by atoms with van der Waals surface area (Å²) in [7, 11) is 1.62. The normalized spacial score (nSPS) is 15.1. The van der Waals surface area contributed by atoms with E-state index in [1.54, 1.807) is 7.11 Å². The standard InChI is InChI=1S/C24H31N3O4/c1-4-18(5-2)26-24(29)22-15-27(20-8-6-7-9-21(20)31-22)16-23(28)25-14-17-10-12-19(30-3)13-11-17/h6-13,18,22H,4-5,14-16H2,1-3H3,(H,25,28)(H,26,29). The van der Waals surface area contributed by atoms with Gasteiger partial charge >= 0.3 is 0 Å². The van der Waals surface area contributed by atoms with E-state index >= 15 is 0 Å². The number of carbonyl (C=O) groups excluding carboxylic acids is 2. The van der Waals surface area contributed by atoms with Crippen LogP contribution < -0.4 is 25.0 Å². The van der Waals surface area contributed by atoms with Crippen molar-refractivity contribution in [3.8, 4) is 11.5 Å². The average molecular weight is 426 g/mol. The van der Waals surface area contributed by atoms with E-state index in [-0.39, 0.29) is 24.4 Å². The van der Waals surface area contributed by atoms with Crippen molar-refractivity contribution in [2.75, 3.05) is 25.1 Å². The third-order valence-corrected chi connectivity index (χ3v) is 5.47. The number of fused-ring (bicyclic) bond motifs is 1. The first kappa shape index (κ1) is 22.5. The highest BCUT2D eigenvalue weighted by Gasteiger charge is 2.32. The van der Waals surface area contributed by atoms with Crippen LogP contribution in [-0.4, -0.2) is 44.2 Å². The maximum atomic E-state index is 12.8. The lowest BCUT2D eigenvalue weighted by molar-refractivity contribution is -0.129. The summed E-state index contributed by atoms with van der Waals surface area (Å²) >= 11 is 0. The fourth-order valence-electron chi connectivity index (χ4n) is 3.55. The summed E-state index contributed by atoms with van der Waals surface area (Å²) in [6.07, 6.45) is 1.07. The van der Waals surface area contributed by atoms with Gasteiger partial charge in [0.15, 0.2) is 6.10 Å². The molecule has 0 saturated heterocycles. The molecule has 2 amide bonds. The van der Waals surface area contributed by atoms with E-state index in [1.807, 2.05) is 67.3 Å². The van der Waals surface area contributed by atoms with Gasteiger partial charge in [0, 0.05) is 12.6 Å². The van der Waals surface area contributed by atoms with Gasteiger partial charge in [-0.2, -0.15) is 0 Å². The molecule has 7 heteroatoms. The van der Waals surface area contributed by atoms with Gasteiger partial charge in [0.05, 0.1) is 25.9 Å². The second-order valence-corrected chi connectivity index (χ2v) is 7.60. The quantitative estimate of drug-likeness (QED) is 0.646. The molecule has 0 spiro atoms. The van der Waals surface area contributed by atoms with Gasteiger partial charge in [-0.3, -0.25) is 9.59 Å². The lowest BCUT2D eigenvalue weighted by atomic mass is 10.1. The first-order chi connectivity index (χ1) is 15.0. The topological polar surface area (TPSA) is 79.9 Å². The summed E-state index contributed by atoms with van der Waals surface area (Å²) in [6.45, 7) is 4.98. The van der Waals surface area contributed by atoms with Crippen LogP contribution in [0.2, 0.25) is 0 Å². The largest absolute Gasteiger partial charge is 0.497 e. The van der Waals surface area contributed by atoms with Crippen LogP contribution in [0.5, 0.6) is 11.5 Å². The zero-order chi connectivity index (χ0) is 22.2. The van der Waals surface area contributed by atoms with Crippen molar-refractivity contribution in [3.05, 3.63) is 54.1 Å². The first-order valence-electron chi connectivity index (χ1n) is 10.7. The van der Waals surface area contributed by atoms with Crippen molar-refractivity contribution >= 4 is 17.5 Å². The van der Waals surface area contributed by atoms with Crippen LogP contribution in [0.4, 0.5) is 5.69 Å². The van der Waals surface area contributed by atoms with Gasteiger partial charge < -0.3 is 25.0 Å². The van der Waals surface area contributed by atoms with Crippen molar-refractivity contribution in [2.45, 2.75) is 45.4 Å². The summed E-state index contributed by atoms with van der Waals surface area (Å²) in [5, 5.41) is 5.99. The molecule has 7 nitrogen and oxygen atoms in total. The number of nitrogens with zero attached hydrogens (tertiary/aromatic N) is 1. The van der Waals surface area contributed by atoms with Crippen molar-refractivity contribution in [3.63, 3.8) is 0 Å². The van der Waals surface area contributed by atoms with Crippen molar-refractivity contribution in [1.29, 1.82) is 0 Å². The van der Waals surface area contributed by atoms with Gasteiger partial charge in [-0.25, -0.2) is 0 Å². The van der Waals surface area contributed by atoms with Crippen molar-refractivity contribution in [2.24, 2.45) is 0 Å². The number of amides is 2. The molecule has 1 atom stereocenters. The van der Waals surface area contributed by atoms with E-state index in [9.17, 15) is 9.59 Å². The number of carbonyl (C=O) groups is 2. The van der Waals surface area contributed by atoms with Gasteiger partial charge in [-0.1, -0.05) is 38.1 Å². The Balaban J connectivity index is 1.64. The van der Waals surface area contributed by atoms with E-state index in [4.69, 9.17) is 9.47 Å². The molecule has 0 fully saturated rings.